The number of hydrogen-bond donors (Lipinski definition) is 2. The van der Waals surface area contributed by atoms with Gasteiger partial charge in [0, 0.05) is 4.88 Å². The van der Waals surface area contributed by atoms with Gasteiger partial charge < -0.3 is 15.2 Å². The first-order chi connectivity index (χ1) is 13.5. The van der Waals surface area contributed by atoms with E-state index in [4.69, 9.17) is 4.74 Å². The van der Waals surface area contributed by atoms with Gasteiger partial charge in [0.25, 0.3) is 0 Å². The van der Waals surface area contributed by atoms with Gasteiger partial charge in [-0.15, -0.1) is 11.3 Å². The molecule has 1 aromatic rings. The lowest BCUT2D eigenvalue weighted by Gasteiger charge is -2.24. The van der Waals surface area contributed by atoms with Gasteiger partial charge in [-0.2, -0.15) is 0 Å². The van der Waals surface area contributed by atoms with Crippen molar-refractivity contribution in [3.63, 3.8) is 0 Å². The Morgan fingerprint density at radius 1 is 1.18 bits per heavy atom. The molecule has 1 heterocycles. The number of esters is 1. The third kappa shape index (κ3) is 4.46. The number of aliphatic carboxylic acids is 1. The Hall–Kier alpha value is -2.15. The predicted octanol–water partition coefficient (Wildman–Crippen LogP) is 4.19. The number of amides is 1. The number of fused-ring (bicyclic) bond motifs is 1. The fourth-order valence-corrected chi connectivity index (χ4v) is 5.11. The molecule has 1 aromatic heterocycles. The number of anilines is 1. The van der Waals surface area contributed by atoms with Crippen LogP contribution >= 0.6 is 11.3 Å². The molecule has 152 valence electrons. The standard InChI is InChI=1S/C21H27NO5S/c1-2-3-12-27-21(26)17-15-10-6-7-11-16(15)28-19(17)22-18(23)13-8-4-5-9-14(13)20(24)25/h4-5,13-14H,2-3,6-12H2,1H3,(H,22,23)(H,24,25)/t13-,14-/m0/s1. The molecule has 3 rings (SSSR count). The topological polar surface area (TPSA) is 92.7 Å². The van der Waals surface area contributed by atoms with Crippen molar-refractivity contribution in [2.45, 2.75) is 58.3 Å². The van der Waals surface area contributed by atoms with Crippen molar-refractivity contribution in [3.8, 4) is 0 Å². The Bertz CT molecular complexity index is 782. The average molecular weight is 406 g/mol. The zero-order valence-electron chi connectivity index (χ0n) is 16.2. The van der Waals surface area contributed by atoms with Crippen LogP contribution in [0.2, 0.25) is 0 Å². The molecule has 0 saturated heterocycles. The van der Waals surface area contributed by atoms with Gasteiger partial charge in [0.1, 0.15) is 5.00 Å². The second-order valence-corrected chi connectivity index (χ2v) is 8.49. The van der Waals surface area contributed by atoms with E-state index in [0.717, 1.165) is 49.0 Å². The number of carboxylic acid groups (broad SMARTS) is 1. The van der Waals surface area contributed by atoms with Crippen molar-refractivity contribution in [1.29, 1.82) is 0 Å². The molecule has 2 N–H and O–H groups in total. The highest BCUT2D eigenvalue weighted by molar-refractivity contribution is 7.17. The van der Waals surface area contributed by atoms with E-state index < -0.39 is 17.8 Å². The largest absolute Gasteiger partial charge is 0.481 e. The van der Waals surface area contributed by atoms with Gasteiger partial charge in [0.15, 0.2) is 0 Å². The SMILES string of the molecule is CCCCOC(=O)c1c(NC(=O)[C@H]2CC=CC[C@@H]2C(=O)O)sc2c1CCCC2. The van der Waals surface area contributed by atoms with E-state index in [1.54, 1.807) is 0 Å². The molecule has 0 spiro atoms. The highest BCUT2D eigenvalue weighted by atomic mass is 32.1. The fourth-order valence-electron chi connectivity index (χ4n) is 3.83. The summed E-state index contributed by atoms with van der Waals surface area (Å²) in [5.74, 6) is -3.06. The number of carboxylic acids is 1. The molecule has 2 aliphatic carbocycles. The van der Waals surface area contributed by atoms with Crippen LogP contribution in [0.1, 0.15) is 66.2 Å². The fraction of sp³-hybridized carbons (Fsp3) is 0.571. The molecule has 28 heavy (non-hydrogen) atoms. The zero-order valence-corrected chi connectivity index (χ0v) is 17.0. The molecular formula is C21H27NO5S. The molecule has 6 nitrogen and oxygen atoms in total. The predicted molar refractivity (Wildman–Crippen MR) is 108 cm³/mol. The van der Waals surface area contributed by atoms with Crippen molar-refractivity contribution in [3.05, 3.63) is 28.2 Å². The summed E-state index contributed by atoms with van der Waals surface area (Å²) >= 11 is 1.43. The van der Waals surface area contributed by atoms with Crippen LogP contribution in [0.25, 0.3) is 0 Å². The highest BCUT2D eigenvalue weighted by Crippen LogP contribution is 2.39. The van der Waals surface area contributed by atoms with Crippen LogP contribution in [-0.4, -0.2) is 29.6 Å². The van der Waals surface area contributed by atoms with Crippen molar-refractivity contribution >= 4 is 34.2 Å². The number of rotatable bonds is 7. The summed E-state index contributed by atoms with van der Waals surface area (Å²) in [5.41, 5.74) is 1.47. The zero-order chi connectivity index (χ0) is 20.1. The molecule has 0 aliphatic heterocycles. The van der Waals surface area contributed by atoms with Gasteiger partial charge in [-0.25, -0.2) is 4.79 Å². The molecule has 0 saturated carbocycles. The van der Waals surface area contributed by atoms with Crippen molar-refractivity contribution in [2.24, 2.45) is 11.8 Å². The summed E-state index contributed by atoms with van der Waals surface area (Å²) in [5, 5.41) is 12.8. The summed E-state index contributed by atoms with van der Waals surface area (Å²) < 4.78 is 5.43. The lowest BCUT2D eigenvalue weighted by atomic mass is 9.82. The summed E-state index contributed by atoms with van der Waals surface area (Å²) in [6.45, 7) is 2.39. The summed E-state index contributed by atoms with van der Waals surface area (Å²) in [6.07, 6.45) is 9.93. The molecule has 0 bridgehead atoms. The quantitative estimate of drug-likeness (QED) is 0.403. The van der Waals surface area contributed by atoms with Crippen molar-refractivity contribution < 1.29 is 24.2 Å². The van der Waals surface area contributed by atoms with Crippen molar-refractivity contribution in [1.82, 2.24) is 0 Å². The Kier molecular flexibility index (Phi) is 6.88. The number of carbonyl (C=O) groups excluding carboxylic acids is 2. The van der Waals surface area contributed by atoms with E-state index in [-0.39, 0.29) is 11.9 Å². The third-order valence-corrected chi connectivity index (χ3v) is 6.64. The van der Waals surface area contributed by atoms with Gasteiger partial charge in [0.05, 0.1) is 24.0 Å². The lowest BCUT2D eigenvalue weighted by molar-refractivity contribution is -0.146. The van der Waals surface area contributed by atoms with Crippen LogP contribution in [0.4, 0.5) is 5.00 Å². The number of unbranched alkanes of at least 4 members (excludes halogenated alkanes) is 1. The van der Waals surface area contributed by atoms with E-state index in [1.807, 2.05) is 19.1 Å². The number of nitrogens with one attached hydrogen (secondary N) is 1. The number of thiophene rings is 1. The first-order valence-corrected chi connectivity index (χ1v) is 10.8. The maximum absolute atomic E-state index is 12.9. The van der Waals surface area contributed by atoms with Gasteiger partial charge in [-0.3, -0.25) is 9.59 Å². The molecule has 0 unspecified atom stereocenters. The summed E-state index contributed by atoms with van der Waals surface area (Å²) in [7, 11) is 0. The van der Waals surface area contributed by atoms with Crippen LogP contribution < -0.4 is 5.32 Å². The minimum atomic E-state index is -0.964. The van der Waals surface area contributed by atoms with Gasteiger partial charge in [-0.1, -0.05) is 25.5 Å². The molecule has 7 heteroatoms. The summed E-state index contributed by atoms with van der Waals surface area (Å²) in [4.78, 5) is 38.3. The monoisotopic (exact) mass is 405 g/mol. The van der Waals surface area contributed by atoms with Crippen LogP contribution in [-0.2, 0) is 27.2 Å². The maximum Gasteiger partial charge on any atom is 0.341 e. The van der Waals surface area contributed by atoms with E-state index in [1.165, 1.54) is 11.3 Å². The first-order valence-electron chi connectivity index (χ1n) is 10.0. The molecule has 2 atom stereocenters. The van der Waals surface area contributed by atoms with Crippen LogP contribution in [0.5, 0.6) is 0 Å². The Labute approximate surface area is 169 Å². The molecule has 0 aromatic carbocycles. The average Bonchev–Trinajstić information content (AvgIpc) is 3.05. The molecule has 1 amide bonds. The smallest absolute Gasteiger partial charge is 0.341 e. The molecule has 2 aliphatic rings. The second kappa shape index (κ2) is 9.37. The van der Waals surface area contributed by atoms with E-state index >= 15 is 0 Å². The van der Waals surface area contributed by atoms with Crippen LogP contribution in [0.15, 0.2) is 12.2 Å². The third-order valence-electron chi connectivity index (χ3n) is 5.43. The maximum atomic E-state index is 12.9. The van der Waals surface area contributed by atoms with E-state index in [0.29, 0.717) is 30.0 Å². The summed E-state index contributed by atoms with van der Waals surface area (Å²) in [6, 6.07) is 0. The number of allylic oxidation sites excluding steroid dienone is 2. The number of carbonyl (C=O) groups is 3. The van der Waals surface area contributed by atoms with E-state index in [9.17, 15) is 19.5 Å². The lowest BCUT2D eigenvalue weighted by Crippen LogP contribution is -2.34. The van der Waals surface area contributed by atoms with E-state index in [2.05, 4.69) is 5.32 Å². The molecular weight excluding hydrogens is 378 g/mol. The van der Waals surface area contributed by atoms with Gasteiger partial charge in [-0.05, 0) is 50.5 Å². The minimum Gasteiger partial charge on any atom is -0.481 e. The normalized spacial score (nSPS) is 21.0. The second-order valence-electron chi connectivity index (χ2n) is 7.39. The number of aryl methyl sites for hydroxylation is 1. The Balaban J connectivity index is 1.83. The first kappa shape index (κ1) is 20.6. The minimum absolute atomic E-state index is 0.335. The highest BCUT2D eigenvalue weighted by Gasteiger charge is 2.35. The Morgan fingerprint density at radius 3 is 2.61 bits per heavy atom. The van der Waals surface area contributed by atoms with Crippen LogP contribution in [0, 0.1) is 11.8 Å². The van der Waals surface area contributed by atoms with Crippen LogP contribution in [0.3, 0.4) is 0 Å². The van der Waals surface area contributed by atoms with Gasteiger partial charge >= 0.3 is 11.9 Å². The number of ether oxygens (including phenoxy) is 1. The molecule has 0 fully saturated rings. The number of hydrogen-bond acceptors (Lipinski definition) is 5. The Morgan fingerprint density at radius 2 is 1.89 bits per heavy atom. The van der Waals surface area contributed by atoms with Crippen molar-refractivity contribution in [2.75, 3.05) is 11.9 Å². The van der Waals surface area contributed by atoms with Gasteiger partial charge in [0.2, 0.25) is 5.91 Å². The molecule has 0 radical (unpaired) electrons.